The largest absolute Gasteiger partial charge is 0.489 e. The summed E-state index contributed by atoms with van der Waals surface area (Å²) in [6, 6.07) is 5.95. The van der Waals surface area contributed by atoms with Gasteiger partial charge in [-0.2, -0.15) is 0 Å². The molecule has 0 aliphatic carbocycles. The SMILES string of the molecule is COc1c(N2CCc3ccc(N)cc3C2)nc[nH]c1=O. The molecular weight excluding hydrogens is 256 g/mol. The van der Waals surface area contributed by atoms with E-state index in [1.165, 1.54) is 24.6 Å². The van der Waals surface area contributed by atoms with Crippen LogP contribution >= 0.6 is 0 Å². The van der Waals surface area contributed by atoms with Gasteiger partial charge in [0.25, 0.3) is 5.56 Å². The molecule has 0 saturated heterocycles. The number of methoxy groups -OCH3 is 1. The average Bonchev–Trinajstić information content (AvgIpc) is 2.46. The Hall–Kier alpha value is -2.50. The number of nitrogens with one attached hydrogen (secondary N) is 1. The molecule has 0 unspecified atom stereocenters. The summed E-state index contributed by atoms with van der Waals surface area (Å²) in [6.45, 7) is 1.47. The molecule has 0 spiro atoms. The van der Waals surface area contributed by atoms with Gasteiger partial charge < -0.3 is 20.4 Å². The van der Waals surface area contributed by atoms with Gasteiger partial charge in [-0.3, -0.25) is 4.79 Å². The fourth-order valence-corrected chi connectivity index (χ4v) is 2.54. The molecule has 2 heterocycles. The zero-order chi connectivity index (χ0) is 14.1. The van der Waals surface area contributed by atoms with E-state index in [0.29, 0.717) is 12.4 Å². The standard InChI is InChI=1S/C14H16N4O2/c1-20-12-13(16-8-17-14(12)19)18-5-4-9-2-3-11(15)6-10(9)7-18/h2-3,6,8H,4-5,7,15H2,1H3,(H,16,17,19). The highest BCUT2D eigenvalue weighted by molar-refractivity contribution is 5.54. The maximum Gasteiger partial charge on any atom is 0.295 e. The van der Waals surface area contributed by atoms with Crippen LogP contribution in [0.3, 0.4) is 0 Å². The molecule has 2 aromatic rings. The van der Waals surface area contributed by atoms with Crippen LogP contribution in [0.15, 0.2) is 29.3 Å². The van der Waals surface area contributed by atoms with Crippen molar-refractivity contribution in [2.75, 3.05) is 24.3 Å². The number of nitrogens with zero attached hydrogens (tertiary/aromatic N) is 2. The second-order valence-corrected chi connectivity index (χ2v) is 4.79. The summed E-state index contributed by atoms with van der Waals surface area (Å²) < 4.78 is 5.17. The highest BCUT2D eigenvalue weighted by atomic mass is 16.5. The van der Waals surface area contributed by atoms with Crippen molar-refractivity contribution < 1.29 is 4.74 Å². The monoisotopic (exact) mass is 272 g/mol. The third-order valence-corrected chi connectivity index (χ3v) is 3.54. The minimum Gasteiger partial charge on any atom is -0.489 e. The predicted molar refractivity (Wildman–Crippen MR) is 77.0 cm³/mol. The zero-order valence-electron chi connectivity index (χ0n) is 11.2. The number of aromatic amines is 1. The van der Waals surface area contributed by atoms with Gasteiger partial charge in [0.1, 0.15) is 0 Å². The van der Waals surface area contributed by atoms with Crippen molar-refractivity contribution in [2.24, 2.45) is 0 Å². The Labute approximate surface area is 116 Å². The maximum absolute atomic E-state index is 11.7. The molecule has 1 aliphatic heterocycles. The lowest BCUT2D eigenvalue weighted by molar-refractivity contribution is 0.405. The number of hydrogen-bond acceptors (Lipinski definition) is 5. The Kier molecular flexibility index (Phi) is 3.06. The van der Waals surface area contributed by atoms with Crippen LogP contribution in [0.25, 0.3) is 0 Å². The normalized spacial score (nSPS) is 13.9. The van der Waals surface area contributed by atoms with Crippen LogP contribution in [0.4, 0.5) is 11.5 Å². The second-order valence-electron chi connectivity index (χ2n) is 4.79. The van der Waals surface area contributed by atoms with E-state index >= 15 is 0 Å². The van der Waals surface area contributed by atoms with Crippen LogP contribution in [0.1, 0.15) is 11.1 Å². The van der Waals surface area contributed by atoms with Crippen LogP contribution in [-0.2, 0) is 13.0 Å². The minimum atomic E-state index is -0.268. The summed E-state index contributed by atoms with van der Waals surface area (Å²) in [7, 11) is 1.48. The zero-order valence-corrected chi connectivity index (χ0v) is 11.2. The van der Waals surface area contributed by atoms with Gasteiger partial charge >= 0.3 is 0 Å². The molecule has 6 nitrogen and oxygen atoms in total. The Morgan fingerprint density at radius 3 is 3.05 bits per heavy atom. The first-order valence-electron chi connectivity index (χ1n) is 6.43. The molecule has 1 aliphatic rings. The summed E-state index contributed by atoms with van der Waals surface area (Å²) in [5, 5.41) is 0. The Morgan fingerprint density at radius 1 is 1.40 bits per heavy atom. The Morgan fingerprint density at radius 2 is 2.25 bits per heavy atom. The van der Waals surface area contributed by atoms with Gasteiger partial charge in [-0.15, -0.1) is 0 Å². The second kappa shape index (κ2) is 4.88. The van der Waals surface area contributed by atoms with Crippen molar-refractivity contribution in [3.05, 3.63) is 46.0 Å². The van der Waals surface area contributed by atoms with Crippen LogP contribution in [0.5, 0.6) is 5.75 Å². The third kappa shape index (κ3) is 2.09. The molecule has 0 atom stereocenters. The molecule has 6 heteroatoms. The molecule has 0 radical (unpaired) electrons. The van der Waals surface area contributed by atoms with E-state index in [9.17, 15) is 4.79 Å². The van der Waals surface area contributed by atoms with Crippen LogP contribution in [-0.4, -0.2) is 23.6 Å². The molecule has 20 heavy (non-hydrogen) atoms. The number of rotatable bonds is 2. The molecule has 1 aromatic heterocycles. The van der Waals surface area contributed by atoms with Gasteiger partial charge in [0.05, 0.1) is 13.4 Å². The van der Waals surface area contributed by atoms with E-state index in [1.807, 2.05) is 17.0 Å². The molecule has 104 valence electrons. The lowest BCUT2D eigenvalue weighted by Gasteiger charge is -2.30. The Balaban J connectivity index is 1.98. The number of nitrogens with two attached hydrogens (primary N) is 1. The predicted octanol–water partition coefficient (Wildman–Crippen LogP) is 0.923. The van der Waals surface area contributed by atoms with Crippen LogP contribution in [0.2, 0.25) is 0 Å². The summed E-state index contributed by atoms with van der Waals surface area (Å²) in [4.78, 5) is 20.5. The van der Waals surface area contributed by atoms with Gasteiger partial charge in [0.2, 0.25) is 5.75 Å². The first-order valence-corrected chi connectivity index (χ1v) is 6.43. The van der Waals surface area contributed by atoms with Crippen molar-refractivity contribution in [1.82, 2.24) is 9.97 Å². The first-order chi connectivity index (χ1) is 9.69. The van der Waals surface area contributed by atoms with E-state index < -0.39 is 0 Å². The van der Waals surface area contributed by atoms with Crippen LogP contribution < -0.4 is 20.9 Å². The summed E-state index contributed by atoms with van der Waals surface area (Å²) in [6.07, 6.45) is 2.29. The van der Waals surface area contributed by atoms with E-state index in [1.54, 1.807) is 0 Å². The average molecular weight is 272 g/mol. The summed E-state index contributed by atoms with van der Waals surface area (Å²) in [5.74, 6) is 0.823. The lowest BCUT2D eigenvalue weighted by Crippen LogP contribution is -2.32. The van der Waals surface area contributed by atoms with Crippen molar-refractivity contribution >= 4 is 11.5 Å². The topological polar surface area (TPSA) is 84.2 Å². The Bertz CT molecular complexity index is 696. The molecule has 1 aromatic carbocycles. The van der Waals surface area contributed by atoms with Crippen molar-refractivity contribution in [3.8, 4) is 5.75 Å². The van der Waals surface area contributed by atoms with Crippen molar-refractivity contribution in [1.29, 1.82) is 0 Å². The number of benzene rings is 1. The molecule has 3 rings (SSSR count). The van der Waals surface area contributed by atoms with Crippen LogP contribution in [0, 0.1) is 0 Å². The van der Waals surface area contributed by atoms with Gasteiger partial charge in [-0.05, 0) is 29.7 Å². The molecule has 3 N–H and O–H groups in total. The van der Waals surface area contributed by atoms with E-state index in [-0.39, 0.29) is 11.3 Å². The fraction of sp³-hybridized carbons (Fsp3) is 0.286. The van der Waals surface area contributed by atoms with Gasteiger partial charge in [0, 0.05) is 18.8 Å². The molecule has 0 bridgehead atoms. The highest BCUT2D eigenvalue weighted by Crippen LogP contribution is 2.28. The van der Waals surface area contributed by atoms with E-state index in [0.717, 1.165) is 18.7 Å². The smallest absolute Gasteiger partial charge is 0.295 e. The highest BCUT2D eigenvalue weighted by Gasteiger charge is 2.21. The third-order valence-electron chi connectivity index (χ3n) is 3.54. The number of fused-ring (bicyclic) bond motifs is 1. The van der Waals surface area contributed by atoms with Gasteiger partial charge in [-0.25, -0.2) is 4.98 Å². The lowest BCUT2D eigenvalue weighted by atomic mass is 9.99. The van der Waals surface area contributed by atoms with Crippen molar-refractivity contribution in [3.63, 3.8) is 0 Å². The maximum atomic E-state index is 11.7. The van der Waals surface area contributed by atoms with Gasteiger partial charge in [-0.1, -0.05) is 6.07 Å². The molecule has 0 saturated carbocycles. The van der Waals surface area contributed by atoms with E-state index in [4.69, 9.17) is 10.5 Å². The number of ether oxygens (including phenoxy) is 1. The fourth-order valence-electron chi connectivity index (χ4n) is 2.54. The summed E-state index contributed by atoms with van der Waals surface area (Å²) >= 11 is 0. The quantitative estimate of drug-likeness (QED) is 0.794. The number of nitrogen functional groups attached to an aromatic ring is 1. The number of H-pyrrole nitrogens is 1. The van der Waals surface area contributed by atoms with Crippen molar-refractivity contribution in [2.45, 2.75) is 13.0 Å². The van der Waals surface area contributed by atoms with E-state index in [2.05, 4.69) is 16.0 Å². The van der Waals surface area contributed by atoms with Gasteiger partial charge in [0.15, 0.2) is 5.82 Å². The number of aromatic nitrogens is 2. The first kappa shape index (κ1) is 12.5. The molecular formula is C14H16N4O2. The minimum absolute atomic E-state index is 0.250. The number of anilines is 2. The number of hydrogen-bond donors (Lipinski definition) is 2. The summed E-state index contributed by atoms with van der Waals surface area (Å²) in [5.41, 5.74) is 8.77. The molecule has 0 fully saturated rings. The molecule has 0 amide bonds.